The number of rotatable bonds is 8. The average Bonchev–Trinajstić information content (AvgIpc) is 2.63. The van der Waals surface area contributed by atoms with Crippen molar-refractivity contribution in [3.8, 4) is 0 Å². The quantitative estimate of drug-likeness (QED) is 0.571. The molecule has 0 radical (unpaired) electrons. The zero-order chi connectivity index (χ0) is 20.8. The molecule has 0 amide bonds. The molecule has 150 valence electrons. The summed E-state index contributed by atoms with van der Waals surface area (Å²) in [5.41, 5.74) is -2.94. The van der Waals surface area contributed by atoms with E-state index < -0.39 is 21.3 Å². The van der Waals surface area contributed by atoms with Gasteiger partial charge in [-0.25, -0.2) is 4.98 Å². The molecule has 0 unspecified atom stereocenters. The van der Waals surface area contributed by atoms with E-state index in [2.05, 4.69) is 15.3 Å². The van der Waals surface area contributed by atoms with Crippen LogP contribution in [0.4, 0.5) is 24.7 Å². The molecule has 0 aliphatic heterocycles. The number of alkyl halides is 3. The van der Waals surface area contributed by atoms with Crippen molar-refractivity contribution in [3.63, 3.8) is 0 Å². The molecule has 0 aliphatic carbocycles. The van der Waals surface area contributed by atoms with E-state index in [0.717, 1.165) is 36.5 Å². The van der Waals surface area contributed by atoms with Crippen LogP contribution in [-0.2, 0) is 16.4 Å². The van der Waals surface area contributed by atoms with Gasteiger partial charge in [0.15, 0.2) is 0 Å². The van der Waals surface area contributed by atoms with Crippen molar-refractivity contribution in [2.45, 2.75) is 25.3 Å². The molecule has 0 fully saturated rings. The van der Waals surface area contributed by atoms with Gasteiger partial charge in [-0.3, -0.25) is 9.71 Å². The Hall–Kier alpha value is -2.95. The van der Waals surface area contributed by atoms with E-state index in [1.165, 1.54) is 23.2 Å². The van der Waals surface area contributed by atoms with Crippen molar-refractivity contribution < 1.29 is 21.6 Å². The third-order valence-corrected chi connectivity index (χ3v) is 4.60. The van der Waals surface area contributed by atoms with E-state index >= 15 is 0 Å². The van der Waals surface area contributed by atoms with Gasteiger partial charge in [-0.2, -0.15) is 21.6 Å². The van der Waals surface area contributed by atoms with Crippen molar-refractivity contribution in [2.24, 2.45) is 0 Å². The highest BCUT2D eigenvalue weighted by molar-refractivity contribution is 7.93. The van der Waals surface area contributed by atoms with E-state index in [0.29, 0.717) is 11.1 Å². The van der Waals surface area contributed by atoms with Crippen LogP contribution in [0.3, 0.4) is 0 Å². The molecule has 2 aromatic heterocycles. The molecule has 28 heavy (non-hydrogen) atoms. The summed E-state index contributed by atoms with van der Waals surface area (Å²) in [6.07, 6.45) is 7.19. The molecule has 7 nitrogen and oxygen atoms in total. The minimum atomic E-state index is -5.53. The summed E-state index contributed by atoms with van der Waals surface area (Å²) in [5, 5.41) is 10.5. The minimum Gasteiger partial charge on any atom is -0.361 e. The molecule has 2 aromatic rings. The zero-order valence-electron chi connectivity index (χ0n) is 14.8. The molecule has 0 spiro atoms. The smallest absolute Gasteiger partial charge is 0.361 e. The van der Waals surface area contributed by atoms with E-state index in [1.807, 2.05) is 13.0 Å². The minimum absolute atomic E-state index is 0.395. The number of anilines is 2. The second kappa shape index (κ2) is 8.83. The van der Waals surface area contributed by atoms with Gasteiger partial charge in [-0.15, -0.1) is 0 Å². The van der Waals surface area contributed by atoms with Crippen molar-refractivity contribution in [1.29, 1.82) is 5.41 Å². The molecule has 0 bridgehead atoms. The summed E-state index contributed by atoms with van der Waals surface area (Å²) in [4.78, 5) is 7.91. The highest BCUT2D eigenvalue weighted by Crippen LogP contribution is 2.25. The standard InChI is InChI=1S/C17H18F3N5O2S/c1-2-3-14-8-15(6-7-22-14)23-11-13(9-21)12-4-5-16(24-10-12)25-28(26,27)17(18,19)20/h4-11,21H,2-3H2,1H3,(H,22,23)(H,24,25)/b13-11+,21-9?. The van der Waals surface area contributed by atoms with Gasteiger partial charge in [-0.05, 0) is 30.7 Å². The molecule has 2 rings (SSSR count). The lowest BCUT2D eigenvalue weighted by Gasteiger charge is -2.10. The average molecular weight is 413 g/mol. The molecule has 0 saturated carbocycles. The van der Waals surface area contributed by atoms with Crippen LogP contribution < -0.4 is 10.0 Å². The van der Waals surface area contributed by atoms with Crippen molar-refractivity contribution in [2.75, 3.05) is 10.0 Å². The molecule has 0 atom stereocenters. The van der Waals surface area contributed by atoms with Gasteiger partial charge in [0.25, 0.3) is 0 Å². The summed E-state index contributed by atoms with van der Waals surface area (Å²) < 4.78 is 60.7. The topological polar surface area (TPSA) is 108 Å². The van der Waals surface area contributed by atoms with Gasteiger partial charge in [0, 0.05) is 47.3 Å². The number of hydrogen-bond acceptors (Lipinski definition) is 6. The Morgan fingerprint density at radius 2 is 2.00 bits per heavy atom. The van der Waals surface area contributed by atoms with E-state index in [9.17, 15) is 21.6 Å². The second-order valence-electron chi connectivity index (χ2n) is 5.66. The number of nitrogens with zero attached hydrogens (tertiary/aromatic N) is 2. The third kappa shape index (κ3) is 5.52. The van der Waals surface area contributed by atoms with Crippen LogP contribution in [-0.4, -0.2) is 30.1 Å². The van der Waals surface area contributed by atoms with Crippen molar-refractivity contribution >= 4 is 33.3 Å². The summed E-state index contributed by atoms with van der Waals surface area (Å²) in [6.45, 7) is 2.04. The number of allylic oxidation sites excluding steroid dienone is 1. The maximum atomic E-state index is 12.4. The lowest BCUT2D eigenvalue weighted by molar-refractivity contribution is -0.0429. The maximum Gasteiger partial charge on any atom is 0.516 e. The van der Waals surface area contributed by atoms with Gasteiger partial charge in [0.1, 0.15) is 5.82 Å². The van der Waals surface area contributed by atoms with Crippen molar-refractivity contribution in [1.82, 2.24) is 9.97 Å². The normalized spacial score (nSPS) is 12.5. The van der Waals surface area contributed by atoms with Crippen LogP contribution in [0.5, 0.6) is 0 Å². The second-order valence-corrected chi connectivity index (χ2v) is 7.33. The fourth-order valence-electron chi connectivity index (χ4n) is 2.15. The van der Waals surface area contributed by atoms with Gasteiger partial charge in [0.05, 0.1) is 0 Å². The molecule has 0 aromatic carbocycles. The van der Waals surface area contributed by atoms with Crippen LogP contribution in [0.15, 0.2) is 42.9 Å². The fourth-order valence-corrected chi connectivity index (χ4v) is 2.66. The first kappa shape index (κ1) is 21.4. The number of hydrogen-bond donors (Lipinski definition) is 3. The lowest BCUT2D eigenvalue weighted by Crippen LogP contribution is -2.30. The van der Waals surface area contributed by atoms with Crippen molar-refractivity contribution in [3.05, 3.63) is 54.1 Å². The third-order valence-electron chi connectivity index (χ3n) is 3.51. The van der Waals surface area contributed by atoms with Crippen LogP contribution in [0.1, 0.15) is 24.6 Å². The van der Waals surface area contributed by atoms with Crippen LogP contribution >= 0.6 is 0 Å². The number of halogens is 3. The van der Waals surface area contributed by atoms with Gasteiger partial charge >= 0.3 is 15.5 Å². The molecule has 2 heterocycles. The van der Waals surface area contributed by atoms with E-state index in [-0.39, 0.29) is 0 Å². The predicted octanol–water partition coefficient (Wildman–Crippen LogP) is 3.79. The van der Waals surface area contributed by atoms with Crippen LogP contribution in [0.2, 0.25) is 0 Å². The largest absolute Gasteiger partial charge is 0.516 e. The van der Waals surface area contributed by atoms with Crippen LogP contribution in [0.25, 0.3) is 5.57 Å². The van der Waals surface area contributed by atoms with Gasteiger partial charge < -0.3 is 10.7 Å². The predicted molar refractivity (Wildman–Crippen MR) is 101 cm³/mol. The Kier molecular flexibility index (Phi) is 6.73. The van der Waals surface area contributed by atoms with E-state index in [4.69, 9.17) is 5.41 Å². The first-order valence-electron chi connectivity index (χ1n) is 8.14. The number of pyridine rings is 2. The zero-order valence-corrected chi connectivity index (χ0v) is 15.6. The van der Waals surface area contributed by atoms with E-state index in [1.54, 1.807) is 12.3 Å². The highest BCUT2D eigenvalue weighted by Gasteiger charge is 2.46. The monoisotopic (exact) mass is 413 g/mol. The first-order valence-corrected chi connectivity index (χ1v) is 9.62. The maximum absolute atomic E-state index is 12.4. The first-order chi connectivity index (χ1) is 13.2. The molecular formula is C17H18F3N5O2S. The number of nitrogens with one attached hydrogen (secondary N) is 3. The molecule has 3 N–H and O–H groups in total. The Bertz CT molecular complexity index is 958. The van der Waals surface area contributed by atoms with Gasteiger partial charge in [-0.1, -0.05) is 13.3 Å². The Morgan fingerprint density at radius 3 is 2.57 bits per heavy atom. The number of aryl methyl sites for hydroxylation is 1. The van der Waals surface area contributed by atoms with Gasteiger partial charge in [0.2, 0.25) is 0 Å². The summed E-state index contributed by atoms with van der Waals surface area (Å²) in [6, 6.07) is 6.07. The highest BCUT2D eigenvalue weighted by atomic mass is 32.2. The number of sulfonamides is 1. The Morgan fingerprint density at radius 1 is 1.25 bits per heavy atom. The lowest BCUT2D eigenvalue weighted by atomic mass is 10.1. The SMILES string of the molecule is CCCc1cc(N/C=C(\C=N)c2ccc(NS(=O)(=O)C(F)(F)F)nc2)ccn1. The summed E-state index contributed by atoms with van der Waals surface area (Å²) in [7, 11) is -5.53. The molecule has 0 saturated heterocycles. The van der Waals surface area contributed by atoms with Crippen LogP contribution in [0, 0.1) is 5.41 Å². The summed E-state index contributed by atoms with van der Waals surface area (Å²) >= 11 is 0. The number of aromatic nitrogens is 2. The molecule has 11 heteroatoms. The molecule has 0 aliphatic rings. The Labute approximate surface area is 160 Å². The molecular weight excluding hydrogens is 395 g/mol. The fraction of sp³-hybridized carbons (Fsp3) is 0.235. The summed E-state index contributed by atoms with van der Waals surface area (Å²) in [5.74, 6) is -0.475. The Balaban J connectivity index is 2.15.